The van der Waals surface area contributed by atoms with Crippen molar-refractivity contribution in [2.24, 2.45) is 5.73 Å². The molecule has 1 heterocycles. The first kappa shape index (κ1) is 15.9. The number of sulfone groups is 1. The van der Waals surface area contributed by atoms with Crippen molar-refractivity contribution in [1.82, 2.24) is 0 Å². The van der Waals surface area contributed by atoms with E-state index in [0.717, 1.165) is 41.7 Å². The van der Waals surface area contributed by atoms with Gasteiger partial charge in [-0.3, -0.25) is 4.79 Å². The van der Waals surface area contributed by atoms with Crippen molar-refractivity contribution in [3.05, 3.63) is 56.9 Å². The summed E-state index contributed by atoms with van der Waals surface area (Å²) in [6.07, 6.45) is 1.15. The Balaban J connectivity index is 2.46. The highest BCUT2D eigenvalue weighted by atomic mass is 32.2. The van der Waals surface area contributed by atoms with Crippen LogP contribution in [0.2, 0.25) is 0 Å². The normalized spacial score (nSPS) is 11.9. The number of primary amides is 1. The molecule has 1 aromatic carbocycles. The molecule has 0 bridgehead atoms. The second kappa shape index (κ2) is 6.09. The Bertz CT molecular complexity index is 891. The minimum Gasteiger partial charge on any atom is -0.365 e. The minimum atomic E-state index is -4.05. The second-order valence-electron chi connectivity index (χ2n) is 4.14. The Hall–Kier alpha value is -2.50. The van der Waals surface area contributed by atoms with Gasteiger partial charge < -0.3 is 5.73 Å². The van der Waals surface area contributed by atoms with E-state index in [-0.39, 0.29) is 9.77 Å². The fraction of sp³-hybridized carbons (Fsp3) is 0. The number of nitrogens with two attached hydrogens (primary N) is 1. The quantitative estimate of drug-likeness (QED) is 0.684. The molecule has 5 nitrogen and oxygen atoms in total. The van der Waals surface area contributed by atoms with Gasteiger partial charge in [-0.15, -0.1) is 11.3 Å². The molecular weight excluding hydrogens is 327 g/mol. The predicted octanol–water partition coefficient (Wildman–Crippen LogP) is 2.32. The summed E-state index contributed by atoms with van der Waals surface area (Å²) in [5, 5.41) is 9.10. The highest BCUT2D eigenvalue weighted by Crippen LogP contribution is 2.24. The van der Waals surface area contributed by atoms with Crippen LogP contribution >= 0.6 is 11.3 Å². The van der Waals surface area contributed by atoms with E-state index in [1.54, 1.807) is 6.07 Å². The van der Waals surface area contributed by atoms with E-state index >= 15 is 0 Å². The summed E-state index contributed by atoms with van der Waals surface area (Å²) in [7, 11) is -4.05. The monoisotopic (exact) mass is 336 g/mol. The highest BCUT2D eigenvalue weighted by molar-refractivity contribution is 7.95. The molecule has 1 amide bonds. The standard InChI is InChI=1S/C14H9FN2O3S2/c15-9-1-4-11(5-2-9)22(19,20)12(8-16)7-10-3-6-13(21-10)14(17)18/h1-7H,(H2,17,18). The van der Waals surface area contributed by atoms with E-state index in [1.165, 1.54) is 12.1 Å². The highest BCUT2D eigenvalue weighted by Gasteiger charge is 2.21. The summed E-state index contributed by atoms with van der Waals surface area (Å²) in [4.78, 5) is 11.0. The van der Waals surface area contributed by atoms with Gasteiger partial charge in [-0.05, 0) is 42.5 Å². The Labute approximate surface area is 130 Å². The Morgan fingerprint density at radius 2 is 1.86 bits per heavy atom. The molecule has 8 heteroatoms. The molecule has 0 fully saturated rings. The molecule has 0 aliphatic carbocycles. The summed E-state index contributed by atoms with van der Waals surface area (Å²) >= 11 is 0.972. The lowest BCUT2D eigenvalue weighted by molar-refractivity contribution is 0.100. The molecule has 0 saturated heterocycles. The molecule has 0 aliphatic rings. The third-order valence-electron chi connectivity index (χ3n) is 2.67. The third-order valence-corrected chi connectivity index (χ3v) is 5.39. The molecule has 0 spiro atoms. The number of nitriles is 1. The van der Waals surface area contributed by atoms with Gasteiger partial charge in [-0.1, -0.05) is 0 Å². The number of hydrogen-bond donors (Lipinski definition) is 1. The Morgan fingerprint density at radius 3 is 2.36 bits per heavy atom. The number of carbonyl (C=O) groups is 1. The van der Waals surface area contributed by atoms with Crippen LogP contribution in [-0.4, -0.2) is 14.3 Å². The second-order valence-corrected chi connectivity index (χ2v) is 7.18. The van der Waals surface area contributed by atoms with Crippen LogP contribution in [0, 0.1) is 17.1 Å². The zero-order valence-electron chi connectivity index (χ0n) is 11.0. The van der Waals surface area contributed by atoms with Gasteiger partial charge >= 0.3 is 0 Å². The molecule has 0 atom stereocenters. The van der Waals surface area contributed by atoms with Crippen molar-refractivity contribution in [2.45, 2.75) is 4.90 Å². The number of allylic oxidation sites excluding steroid dienone is 1. The number of benzene rings is 1. The maximum Gasteiger partial charge on any atom is 0.258 e. The van der Waals surface area contributed by atoms with Gasteiger partial charge in [0.25, 0.3) is 5.91 Å². The predicted molar refractivity (Wildman–Crippen MR) is 80.0 cm³/mol. The van der Waals surface area contributed by atoms with E-state index in [1.807, 2.05) is 0 Å². The molecule has 0 radical (unpaired) electrons. The average Bonchev–Trinajstić information content (AvgIpc) is 2.94. The molecule has 1 aromatic heterocycles. The Morgan fingerprint density at radius 1 is 1.23 bits per heavy atom. The SMILES string of the molecule is N#CC(=Cc1ccc(C(N)=O)s1)S(=O)(=O)c1ccc(F)cc1. The van der Waals surface area contributed by atoms with Crippen LogP contribution in [0.15, 0.2) is 46.2 Å². The van der Waals surface area contributed by atoms with Gasteiger partial charge in [-0.25, -0.2) is 12.8 Å². The van der Waals surface area contributed by atoms with Gasteiger partial charge in [0.15, 0.2) is 4.91 Å². The van der Waals surface area contributed by atoms with Crippen LogP contribution in [0.3, 0.4) is 0 Å². The van der Waals surface area contributed by atoms with Crippen molar-refractivity contribution in [3.63, 3.8) is 0 Å². The lowest BCUT2D eigenvalue weighted by Crippen LogP contribution is -2.08. The molecule has 2 N–H and O–H groups in total. The molecular formula is C14H9FN2O3S2. The molecule has 112 valence electrons. The fourth-order valence-electron chi connectivity index (χ4n) is 1.60. The van der Waals surface area contributed by atoms with Crippen molar-refractivity contribution in [1.29, 1.82) is 5.26 Å². The van der Waals surface area contributed by atoms with Gasteiger partial charge in [0, 0.05) is 4.88 Å². The van der Waals surface area contributed by atoms with Crippen LogP contribution in [0.4, 0.5) is 4.39 Å². The van der Waals surface area contributed by atoms with Crippen molar-refractivity contribution in [2.75, 3.05) is 0 Å². The molecule has 0 aliphatic heterocycles. The number of thiophene rings is 1. The first-order valence-corrected chi connectivity index (χ1v) is 8.16. The van der Waals surface area contributed by atoms with Crippen molar-refractivity contribution < 1.29 is 17.6 Å². The number of amides is 1. The number of hydrogen-bond acceptors (Lipinski definition) is 5. The minimum absolute atomic E-state index is 0.187. The zero-order chi connectivity index (χ0) is 16.3. The van der Waals surface area contributed by atoms with Crippen LogP contribution in [0.5, 0.6) is 0 Å². The van der Waals surface area contributed by atoms with E-state index in [0.29, 0.717) is 4.88 Å². The van der Waals surface area contributed by atoms with Crippen LogP contribution < -0.4 is 5.73 Å². The smallest absolute Gasteiger partial charge is 0.258 e. The van der Waals surface area contributed by atoms with E-state index in [9.17, 15) is 17.6 Å². The fourth-order valence-corrected chi connectivity index (χ4v) is 3.63. The largest absolute Gasteiger partial charge is 0.365 e. The van der Waals surface area contributed by atoms with E-state index in [2.05, 4.69) is 0 Å². The maximum absolute atomic E-state index is 12.9. The van der Waals surface area contributed by atoms with Crippen molar-refractivity contribution >= 4 is 33.2 Å². The summed E-state index contributed by atoms with van der Waals surface area (Å²) < 4.78 is 37.5. The number of rotatable bonds is 4. The summed E-state index contributed by atoms with van der Waals surface area (Å²) in [6.45, 7) is 0. The summed E-state index contributed by atoms with van der Waals surface area (Å²) in [6, 6.07) is 8.70. The lowest BCUT2D eigenvalue weighted by Gasteiger charge is -2.02. The van der Waals surface area contributed by atoms with E-state index < -0.39 is 26.5 Å². The van der Waals surface area contributed by atoms with Crippen LogP contribution in [0.25, 0.3) is 6.08 Å². The van der Waals surface area contributed by atoms with Crippen LogP contribution in [-0.2, 0) is 9.84 Å². The average molecular weight is 336 g/mol. The van der Waals surface area contributed by atoms with Gasteiger partial charge in [0.05, 0.1) is 9.77 Å². The number of nitrogens with zero attached hydrogens (tertiary/aromatic N) is 1. The number of carbonyl (C=O) groups excluding carboxylic acids is 1. The zero-order valence-corrected chi connectivity index (χ0v) is 12.6. The first-order valence-electron chi connectivity index (χ1n) is 5.86. The molecule has 22 heavy (non-hydrogen) atoms. The molecule has 2 aromatic rings. The summed E-state index contributed by atoms with van der Waals surface area (Å²) in [5.74, 6) is -1.21. The van der Waals surface area contributed by atoms with E-state index in [4.69, 9.17) is 11.0 Å². The first-order chi connectivity index (χ1) is 10.3. The van der Waals surface area contributed by atoms with Gasteiger partial charge in [0.2, 0.25) is 9.84 Å². The van der Waals surface area contributed by atoms with Crippen LogP contribution in [0.1, 0.15) is 14.5 Å². The van der Waals surface area contributed by atoms with Gasteiger partial charge in [-0.2, -0.15) is 5.26 Å². The topological polar surface area (TPSA) is 101 Å². The molecule has 2 rings (SSSR count). The number of halogens is 1. The summed E-state index contributed by atoms with van der Waals surface area (Å²) in [5.41, 5.74) is 5.11. The molecule has 0 saturated carbocycles. The lowest BCUT2D eigenvalue weighted by atomic mass is 10.3. The maximum atomic E-state index is 12.9. The third kappa shape index (κ3) is 3.21. The Kier molecular flexibility index (Phi) is 4.40. The molecule has 0 unspecified atom stereocenters. The van der Waals surface area contributed by atoms with Gasteiger partial charge in [0.1, 0.15) is 11.9 Å². The van der Waals surface area contributed by atoms with Crippen molar-refractivity contribution in [3.8, 4) is 6.07 Å².